The number of anilines is 1. The van der Waals surface area contributed by atoms with E-state index < -0.39 is 5.69 Å². The van der Waals surface area contributed by atoms with Crippen molar-refractivity contribution < 1.29 is 0 Å². The summed E-state index contributed by atoms with van der Waals surface area (Å²) < 4.78 is 3.45. The van der Waals surface area contributed by atoms with E-state index in [0.29, 0.717) is 11.2 Å². The van der Waals surface area contributed by atoms with E-state index in [-0.39, 0.29) is 5.56 Å². The molecule has 0 radical (unpaired) electrons. The van der Waals surface area contributed by atoms with Gasteiger partial charge < -0.3 is 14.8 Å². The highest BCUT2D eigenvalue weighted by atomic mass is 16.2. The van der Waals surface area contributed by atoms with Crippen molar-refractivity contribution in [3.05, 3.63) is 20.8 Å². The largest absolute Gasteiger partial charge is 0.340 e. The normalized spacial score (nSPS) is 15.0. The lowest BCUT2D eigenvalue weighted by molar-refractivity contribution is 0.537. The number of nitrogens with one attached hydrogen (secondary N) is 2. The van der Waals surface area contributed by atoms with Crippen LogP contribution in [0.2, 0.25) is 0 Å². The predicted molar refractivity (Wildman–Crippen MR) is 109 cm³/mol. The van der Waals surface area contributed by atoms with Gasteiger partial charge in [-0.2, -0.15) is 4.98 Å². The lowest BCUT2D eigenvalue weighted by Gasteiger charge is -2.28. The van der Waals surface area contributed by atoms with Gasteiger partial charge in [-0.3, -0.25) is 14.3 Å². The fraction of sp³-hybridized carbons (Fsp3) is 0.737. The van der Waals surface area contributed by atoms with Gasteiger partial charge in [-0.25, -0.2) is 4.79 Å². The molecular weight excluding hydrogens is 344 g/mol. The van der Waals surface area contributed by atoms with Gasteiger partial charge in [0.15, 0.2) is 11.2 Å². The van der Waals surface area contributed by atoms with Gasteiger partial charge in [0.1, 0.15) is 0 Å². The van der Waals surface area contributed by atoms with Crippen LogP contribution in [0.15, 0.2) is 9.59 Å². The van der Waals surface area contributed by atoms with Crippen LogP contribution in [0.5, 0.6) is 0 Å². The van der Waals surface area contributed by atoms with Crippen LogP contribution < -0.4 is 21.5 Å². The summed E-state index contributed by atoms with van der Waals surface area (Å²) in [6, 6.07) is 0. The number of fused-ring (bicyclic) bond motifs is 1. The Kier molecular flexibility index (Phi) is 6.71. The van der Waals surface area contributed by atoms with Gasteiger partial charge >= 0.3 is 5.69 Å². The Morgan fingerprint density at radius 2 is 1.67 bits per heavy atom. The predicted octanol–water partition coefficient (Wildman–Crippen LogP) is 1.58. The molecule has 1 saturated heterocycles. The zero-order valence-electron chi connectivity index (χ0n) is 16.6. The molecule has 2 aromatic heterocycles. The number of nitrogens with zero attached hydrogens (tertiary/aromatic N) is 4. The van der Waals surface area contributed by atoms with Gasteiger partial charge in [0.05, 0.1) is 0 Å². The quantitative estimate of drug-likeness (QED) is 0.649. The van der Waals surface area contributed by atoms with E-state index in [9.17, 15) is 9.59 Å². The van der Waals surface area contributed by atoms with Gasteiger partial charge in [0, 0.05) is 39.8 Å². The molecule has 2 aromatic rings. The molecule has 2 N–H and O–H groups in total. The van der Waals surface area contributed by atoms with Crippen molar-refractivity contribution in [1.29, 1.82) is 0 Å². The van der Waals surface area contributed by atoms with Crippen LogP contribution in [0.25, 0.3) is 11.2 Å². The summed E-state index contributed by atoms with van der Waals surface area (Å²) in [5.74, 6) is 0.809. The molecule has 1 aliphatic rings. The van der Waals surface area contributed by atoms with Gasteiger partial charge in [-0.15, -0.1) is 0 Å². The topological polar surface area (TPSA) is 88.0 Å². The Hall–Kier alpha value is -2.09. The van der Waals surface area contributed by atoms with Crippen LogP contribution in [0.4, 0.5) is 5.95 Å². The van der Waals surface area contributed by atoms with Crippen LogP contribution >= 0.6 is 0 Å². The van der Waals surface area contributed by atoms with Gasteiger partial charge in [-0.1, -0.05) is 45.4 Å². The number of rotatable bonds is 9. The maximum Gasteiger partial charge on any atom is 0.329 e. The molecule has 150 valence electrons. The Balaban J connectivity index is 1.83. The van der Waals surface area contributed by atoms with Crippen molar-refractivity contribution >= 4 is 17.1 Å². The van der Waals surface area contributed by atoms with Gasteiger partial charge in [0.2, 0.25) is 5.95 Å². The third-order valence-corrected chi connectivity index (χ3v) is 5.37. The molecule has 3 heterocycles. The van der Waals surface area contributed by atoms with Crippen molar-refractivity contribution in [2.24, 2.45) is 7.05 Å². The molecule has 0 aliphatic carbocycles. The molecule has 0 amide bonds. The van der Waals surface area contributed by atoms with E-state index in [4.69, 9.17) is 4.98 Å². The molecule has 0 saturated carbocycles. The second kappa shape index (κ2) is 9.21. The Morgan fingerprint density at radius 3 is 2.37 bits per heavy atom. The van der Waals surface area contributed by atoms with Crippen molar-refractivity contribution in [3.63, 3.8) is 0 Å². The fourth-order valence-corrected chi connectivity index (χ4v) is 3.77. The third-order valence-electron chi connectivity index (χ3n) is 5.37. The van der Waals surface area contributed by atoms with Crippen LogP contribution in [0.3, 0.4) is 0 Å². The minimum Gasteiger partial charge on any atom is -0.340 e. The number of H-pyrrole nitrogens is 1. The molecule has 3 rings (SSSR count). The lowest BCUT2D eigenvalue weighted by Crippen LogP contribution is -2.44. The number of imidazole rings is 1. The summed E-state index contributed by atoms with van der Waals surface area (Å²) >= 11 is 0. The first kappa shape index (κ1) is 19.7. The molecule has 0 unspecified atom stereocenters. The first-order valence-electron chi connectivity index (χ1n) is 10.3. The molecule has 27 heavy (non-hydrogen) atoms. The maximum atomic E-state index is 12.5. The number of piperazine rings is 1. The monoisotopic (exact) mass is 376 g/mol. The van der Waals surface area contributed by atoms with Crippen molar-refractivity contribution in [3.8, 4) is 0 Å². The van der Waals surface area contributed by atoms with E-state index in [0.717, 1.165) is 51.5 Å². The molecular formula is C19H32N6O2. The SMILES string of the molecule is CCCCCCCCCn1c(N2CCNCC2)nc2c1c(=O)[nH]c(=O)n2C. The van der Waals surface area contributed by atoms with E-state index in [1.807, 2.05) is 4.57 Å². The van der Waals surface area contributed by atoms with Gasteiger partial charge in [-0.05, 0) is 6.42 Å². The molecule has 1 fully saturated rings. The highest BCUT2D eigenvalue weighted by Crippen LogP contribution is 2.21. The van der Waals surface area contributed by atoms with Crippen LogP contribution in [0.1, 0.15) is 51.9 Å². The summed E-state index contributed by atoms with van der Waals surface area (Å²) in [5, 5.41) is 3.34. The second-order valence-electron chi connectivity index (χ2n) is 7.41. The first-order chi connectivity index (χ1) is 13.1. The molecule has 8 heteroatoms. The Morgan fingerprint density at radius 1 is 1.00 bits per heavy atom. The van der Waals surface area contributed by atoms with E-state index in [1.54, 1.807) is 7.05 Å². The number of aryl methyl sites for hydroxylation is 2. The van der Waals surface area contributed by atoms with Crippen LogP contribution in [0, 0.1) is 0 Å². The average Bonchev–Trinajstić information content (AvgIpc) is 3.06. The Labute approximate surface area is 159 Å². The highest BCUT2D eigenvalue weighted by molar-refractivity contribution is 5.74. The summed E-state index contributed by atoms with van der Waals surface area (Å²) in [5.41, 5.74) is 0.224. The molecule has 0 bridgehead atoms. The fourth-order valence-electron chi connectivity index (χ4n) is 3.77. The summed E-state index contributed by atoms with van der Waals surface area (Å²) in [6.45, 7) is 6.49. The molecule has 1 aliphatic heterocycles. The van der Waals surface area contributed by atoms with Crippen LogP contribution in [-0.2, 0) is 13.6 Å². The summed E-state index contributed by atoms with van der Waals surface area (Å²) in [7, 11) is 1.66. The van der Waals surface area contributed by atoms with Crippen molar-refractivity contribution in [2.75, 3.05) is 31.1 Å². The highest BCUT2D eigenvalue weighted by Gasteiger charge is 2.22. The third kappa shape index (κ3) is 4.43. The first-order valence-corrected chi connectivity index (χ1v) is 10.3. The standard InChI is InChI=1S/C19H32N6O2/c1-3-4-5-6-7-8-9-12-25-15-16(23(2)19(27)22-17(15)26)21-18(25)24-13-10-20-11-14-24/h20H,3-14H2,1-2H3,(H,22,26,27). The summed E-state index contributed by atoms with van der Waals surface area (Å²) in [6.07, 6.45) is 8.54. The number of hydrogen-bond donors (Lipinski definition) is 2. The van der Waals surface area contributed by atoms with Crippen LogP contribution in [-0.4, -0.2) is 45.3 Å². The minimum absolute atomic E-state index is 0.343. The minimum atomic E-state index is -0.417. The number of hydrogen-bond acceptors (Lipinski definition) is 5. The zero-order chi connectivity index (χ0) is 19.2. The lowest BCUT2D eigenvalue weighted by atomic mass is 10.1. The maximum absolute atomic E-state index is 12.5. The smallest absolute Gasteiger partial charge is 0.329 e. The number of aromatic amines is 1. The van der Waals surface area contributed by atoms with E-state index in [1.165, 1.54) is 36.7 Å². The van der Waals surface area contributed by atoms with E-state index in [2.05, 4.69) is 22.1 Å². The van der Waals surface area contributed by atoms with E-state index >= 15 is 0 Å². The van der Waals surface area contributed by atoms with Crippen molar-refractivity contribution in [2.45, 2.75) is 58.4 Å². The van der Waals surface area contributed by atoms with Gasteiger partial charge in [0.25, 0.3) is 5.56 Å². The molecule has 8 nitrogen and oxygen atoms in total. The molecule has 0 spiro atoms. The second-order valence-corrected chi connectivity index (χ2v) is 7.41. The Bertz CT molecular complexity index is 859. The zero-order valence-corrected chi connectivity index (χ0v) is 16.6. The average molecular weight is 377 g/mol. The summed E-state index contributed by atoms with van der Waals surface area (Å²) in [4.78, 5) is 33.8. The number of aromatic nitrogens is 4. The molecule has 0 atom stereocenters. The van der Waals surface area contributed by atoms with Crippen molar-refractivity contribution in [1.82, 2.24) is 24.4 Å². The number of unbranched alkanes of at least 4 members (excludes halogenated alkanes) is 6. The molecule has 0 aromatic carbocycles.